The molecular weight excluding hydrogens is 470 g/mol. The first kappa shape index (κ1) is 24.4. The van der Waals surface area contributed by atoms with Crippen LogP contribution in [0.1, 0.15) is 49.5 Å². The first-order valence-electron chi connectivity index (χ1n) is 12.0. The van der Waals surface area contributed by atoms with Crippen LogP contribution < -0.4 is 10.3 Å². The van der Waals surface area contributed by atoms with Gasteiger partial charge in [-0.05, 0) is 79.2 Å². The molecule has 0 bridgehead atoms. The van der Waals surface area contributed by atoms with Crippen LogP contribution in [0.25, 0.3) is 10.9 Å². The first-order valence-corrected chi connectivity index (χ1v) is 12.0. The van der Waals surface area contributed by atoms with Crippen LogP contribution in [-0.4, -0.2) is 42.2 Å². The molecule has 5 rings (SSSR count). The SMILES string of the molecule is COc1ccc2[nH]c(=O)c([C@@H](c3nnnn3C(C)(C)C)N(Cc3cccnc3)Cc3ccco3)cc2c1. The Morgan fingerprint density at radius 2 is 2.00 bits per heavy atom. The number of hydrogen-bond donors (Lipinski definition) is 1. The molecule has 10 heteroatoms. The molecule has 190 valence electrons. The van der Waals surface area contributed by atoms with Crippen molar-refractivity contribution in [2.45, 2.75) is 45.4 Å². The van der Waals surface area contributed by atoms with Crippen LogP contribution in [-0.2, 0) is 18.6 Å². The number of ether oxygens (including phenoxy) is 1. The van der Waals surface area contributed by atoms with Gasteiger partial charge in [-0.25, -0.2) is 4.68 Å². The molecule has 0 aliphatic heterocycles. The van der Waals surface area contributed by atoms with E-state index in [4.69, 9.17) is 9.15 Å². The Hall–Kier alpha value is -4.31. The average molecular weight is 500 g/mol. The Balaban J connectivity index is 1.73. The van der Waals surface area contributed by atoms with Crippen molar-refractivity contribution >= 4 is 10.9 Å². The van der Waals surface area contributed by atoms with Crippen molar-refractivity contribution in [3.8, 4) is 5.75 Å². The number of fused-ring (bicyclic) bond motifs is 1. The van der Waals surface area contributed by atoms with Gasteiger partial charge < -0.3 is 14.1 Å². The molecule has 4 aromatic heterocycles. The number of rotatable bonds is 8. The number of aromatic amines is 1. The summed E-state index contributed by atoms with van der Waals surface area (Å²) >= 11 is 0. The quantitative estimate of drug-likeness (QED) is 0.340. The van der Waals surface area contributed by atoms with Crippen LogP contribution in [0.2, 0.25) is 0 Å². The number of tetrazole rings is 1. The summed E-state index contributed by atoms with van der Waals surface area (Å²) in [4.78, 5) is 23.1. The number of furan rings is 1. The van der Waals surface area contributed by atoms with Gasteiger partial charge >= 0.3 is 0 Å². The van der Waals surface area contributed by atoms with Crippen molar-refractivity contribution in [2.24, 2.45) is 0 Å². The molecule has 0 unspecified atom stereocenters. The predicted octanol–water partition coefficient (Wildman–Crippen LogP) is 4.06. The zero-order valence-electron chi connectivity index (χ0n) is 21.3. The second-order valence-electron chi connectivity index (χ2n) is 9.87. The van der Waals surface area contributed by atoms with Crippen LogP contribution in [0.3, 0.4) is 0 Å². The molecule has 1 atom stereocenters. The van der Waals surface area contributed by atoms with E-state index in [2.05, 4.69) is 30.4 Å². The largest absolute Gasteiger partial charge is 0.497 e. The summed E-state index contributed by atoms with van der Waals surface area (Å²) in [5, 5.41) is 13.6. The fourth-order valence-electron chi connectivity index (χ4n) is 4.44. The van der Waals surface area contributed by atoms with Crippen molar-refractivity contribution in [1.82, 2.24) is 35.1 Å². The summed E-state index contributed by atoms with van der Waals surface area (Å²) in [6, 6.07) is 14.5. The summed E-state index contributed by atoms with van der Waals surface area (Å²) in [6.45, 7) is 6.97. The van der Waals surface area contributed by atoms with Crippen molar-refractivity contribution in [1.29, 1.82) is 0 Å². The van der Waals surface area contributed by atoms with Crippen molar-refractivity contribution in [3.63, 3.8) is 0 Å². The van der Waals surface area contributed by atoms with E-state index >= 15 is 0 Å². The fourth-order valence-corrected chi connectivity index (χ4v) is 4.44. The Kier molecular flexibility index (Phi) is 6.58. The molecule has 0 saturated carbocycles. The highest BCUT2D eigenvalue weighted by Crippen LogP contribution is 2.32. The molecule has 4 heterocycles. The number of H-pyrrole nitrogens is 1. The lowest BCUT2D eigenvalue weighted by atomic mass is 10.0. The number of hydrogen-bond acceptors (Lipinski definition) is 8. The zero-order valence-corrected chi connectivity index (χ0v) is 21.3. The topological polar surface area (TPSA) is 115 Å². The monoisotopic (exact) mass is 499 g/mol. The second-order valence-corrected chi connectivity index (χ2v) is 9.87. The van der Waals surface area contributed by atoms with Gasteiger partial charge in [-0.15, -0.1) is 5.10 Å². The maximum atomic E-state index is 13.6. The molecule has 1 N–H and O–H groups in total. The highest BCUT2D eigenvalue weighted by atomic mass is 16.5. The van der Waals surface area contributed by atoms with E-state index in [1.54, 1.807) is 24.3 Å². The van der Waals surface area contributed by atoms with Crippen LogP contribution in [0.15, 0.2) is 76.4 Å². The van der Waals surface area contributed by atoms with Gasteiger partial charge in [-0.1, -0.05) is 6.07 Å². The van der Waals surface area contributed by atoms with Crippen molar-refractivity contribution < 1.29 is 9.15 Å². The van der Waals surface area contributed by atoms with Gasteiger partial charge in [-0.2, -0.15) is 0 Å². The van der Waals surface area contributed by atoms with Crippen LogP contribution in [0.5, 0.6) is 5.75 Å². The predicted molar refractivity (Wildman–Crippen MR) is 138 cm³/mol. The molecule has 1 aromatic carbocycles. The van der Waals surface area contributed by atoms with Gasteiger partial charge in [0.05, 0.1) is 25.5 Å². The lowest BCUT2D eigenvalue weighted by molar-refractivity contribution is 0.171. The highest BCUT2D eigenvalue weighted by Gasteiger charge is 2.34. The van der Waals surface area contributed by atoms with Crippen molar-refractivity contribution in [3.05, 3.63) is 100 Å². The standard InChI is InChI=1S/C27H29N7O3/c1-27(2,3)34-25(30-31-32-34)24(22-14-19-13-20(36-4)9-10-23(19)29-26(22)35)33(17-21-8-6-12-37-21)16-18-7-5-11-28-15-18/h5-15,24H,16-17H2,1-4H3,(H,29,35)/t24-/m0/s1. The average Bonchev–Trinajstić information content (AvgIpc) is 3.57. The van der Waals surface area contributed by atoms with Gasteiger partial charge in [-0.3, -0.25) is 14.7 Å². The summed E-state index contributed by atoms with van der Waals surface area (Å²) in [5.41, 5.74) is 1.56. The lowest BCUT2D eigenvalue weighted by Gasteiger charge is -2.32. The third-order valence-corrected chi connectivity index (χ3v) is 6.16. The number of nitrogens with zero attached hydrogens (tertiary/aromatic N) is 6. The molecule has 0 aliphatic carbocycles. The zero-order chi connectivity index (χ0) is 26.0. The molecule has 0 radical (unpaired) electrons. The molecule has 0 aliphatic rings. The lowest BCUT2D eigenvalue weighted by Crippen LogP contribution is -2.37. The second kappa shape index (κ2) is 9.98. The van der Waals surface area contributed by atoms with Crippen LogP contribution in [0, 0.1) is 0 Å². The smallest absolute Gasteiger partial charge is 0.253 e. The Bertz CT molecular complexity index is 1540. The number of nitrogens with one attached hydrogen (secondary N) is 1. The molecule has 10 nitrogen and oxygen atoms in total. The van der Waals surface area contributed by atoms with Crippen LogP contribution in [0.4, 0.5) is 0 Å². The highest BCUT2D eigenvalue weighted by molar-refractivity contribution is 5.80. The summed E-state index contributed by atoms with van der Waals surface area (Å²) in [7, 11) is 1.62. The van der Waals surface area contributed by atoms with E-state index in [1.807, 2.05) is 75.5 Å². The summed E-state index contributed by atoms with van der Waals surface area (Å²) in [5.74, 6) is 2.00. The van der Waals surface area contributed by atoms with Gasteiger partial charge in [0, 0.05) is 35.4 Å². The molecule has 0 fully saturated rings. The van der Waals surface area contributed by atoms with E-state index in [-0.39, 0.29) is 5.56 Å². The molecule has 37 heavy (non-hydrogen) atoms. The minimum atomic E-state index is -0.598. The van der Waals surface area contributed by atoms with Gasteiger partial charge in [0.25, 0.3) is 5.56 Å². The summed E-state index contributed by atoms with van der Waals surface area (Å²) < 4.78 is 12.9. The number of aromatic nitrogens is 6. The van der Waals surface area contributed by atoms with E-state index in [0.717, 1.165) is 16.7 Å². The van der Waals surface area contributed by atoms with E-state index in [1.165, 1.54) is 0 Å². The Labute approximate surface area is 213 Å². The molecule has 0 spiro atoms. The van der Waals surface area contributed by atoms with E-state index in [0.29, 0.717) is 35.7 Å². The molecular formula is C27H29N7O3. The maximum absolute atomic E-state index is 13.6. The number of benzene rings is 1. The normalized spacial score (nSPS) is 12.8. The third kappa shape index (κ3) is 5.14. The number of pyridine rings is 2. The van der Waals surface area contributed by atoms with Gasteiger partial charge in [0.15, 0.2) is 5.82 Å². The summed E-state index contributed by atoms with van der Waals surface area (Å²) in [6.07, 6.45) is 5.19. The molecule has 0 saturated heterocycles. The fraction of sp³-hybridized carbons (Fsp3) is 0.296. The number of methoxy groups -OCH3 is 1. The third-order valence-electron chi connectivity index (χ3n) is 6.16. The van der Waals surface area contributed by atoms with Gasteiger partial charge in [0.1, 0.15) is 17.6 Å². The molecule has 5 aromatic rings. The van der Waals surface area contributed by atoms with Crippen molar-refractivity contribution in [2.75, 3.05) is 7.11 Å². The maximum Gasteiger partial charge on any atom is 0.253 e. The Morgan fingerprint density at radius 3 is 2.70 bits per heavy atom. The van der Waals surface area contributed by atoms with E-state index in [9.17, 15) is 4.79 Å². The minimum absolute atomic E-state index is 0.221. The molecule has 0 amide bonds. The first-order chi connectivity index (χ1) is 17.8. The Morgan fingerprint density at radius 1 is 1.14 bits per heavy atom. The van der Waals surface area contributed by atoms with E-state index < -0.39 is 11.6 Å². The minimum Gasteiger partial charge on any atom is -0.497 e. The van der Waals surface area contributed by atoms with Crippen LogP contribution >= 0.6 is 0 Å². The van der Waals surface area contributed by atoms with Gasteiger partial charge in [0.2, 0.25) is 0 Å².